The van der Waals surface area contributed by atoms with Gasteiger partial charge in [0, 0.05) is 44.8 Å². The Morgan fingerprint density at radius 1 is 1.05 bits per heavy atom. The number of hydrogen-bond acceptors (Lipinski definition) is 4. The van der Waals surface area contributed by atoms with Crippen molar-refractivity contribution in [3.05, 3.63) is 111 Å². The zero-order valence-corrected chi connectivity index (χ0v) is 25.2. The standard InChI is InChI=1S/C35H37ClN2O4/c1-23-9-10-26(21-32(23)36)30-7-4-6-25-20-27(35(40)41)13-16-31(25)34(30)24-11-14-28(15-12-24)42-29-17-19-38(22-29)18-5-8-33(39)37(2)3/h5,8-16,20-21,29H,4,6-7,17-19,22H2,1-3H3,(H,40,41)/b8-5+/t29-/m0/s1. The molecular formula is C35H37ClN2O4. The van der Waals surface area contributed by atoms with Gasteiger partial charge in [0.25, 0.3) is 0 Å². The summed E-state index contributed by atoms with van der Waals surface area (Å²) >= 11 is 6.56. The summed E-state index contributed by atoms with van der Waals surface area (Å²) in [5, 5.41) is 10.3. The van der Waals surface area contributed by atoms with E-state index in [0.717, 1.165) is 89.5 Å². The van der Waals surface area contributed by atoms with E-state index in [2.05, 4.69) is 29.2 Å². The molecule has 1 atom stereocenters. The van der Waals surface area contributed by atoms with Gasteiger partial charge in [-0.2, -0.15) is 0 Å². The molecule has 7 heteroatoms. The Bertz CT molecular complexity index is 1540. The van der Waals surface area contributed by atoms with Gasteiger partial charge in [-0.1, -0.05) is 48.0 Å². The van der Waals surface area contributed by atoms with Crippen LogP contribution in [-0.2, 0) is 11.2 Å². The average molecular weight is 585 g/mol. The highest BCUT2D eigenvalue weighted by molar-refractivity contribution is 6.31. The first-order valence-electron chi connectivity index (χ1n) is 14.4. The molecule has 6 nitrogen and oxygen atoms in total. The SMILES string of the molecule is Cc1ccc(C2=C(c3ccc(O[C@H]4CCN(C/C=C/C(=O)N(C)C)C4)cc3)c3ccc(C(=O)O)cc3CCC2)cc1Cl. The summed E-state index contributed by atoms with van der Waals surface area (Å²) in [5.41, 5.74) is 7.91. The summed E-state index contributed by atoms with van der Waals surface area (Å²) in [6.45, 7) is 4.46. The minimum absolute atomic E-state index is 0.00977. The molecule has 1 saturated heterocycles. The number of fused-ring (bicyclic) bond motifs is 1. The van der Waals surface area contributed by atoms with Crippen LogP contribution >= 0.6 is 11.6 Å². The van der Waals surface area contributed by atoms with E-state index in [9.17, 15) is 14.7 Å². The summed E-state index contributed by atoms with van der Waals surface area (Å²) in [6, 6.07) is 19.9. The molecule has 0 radical (unpaired) electrons. The van der Waals surface area contributed by atoms with Crippen molar-refractivity contribution in [1.29, 1.82) is 0 Å². The van der Waals surface area contributed by atoms with Gasteiger partial charge in [-0.25, -0.2) is 4.79 Å². The number of carboxylic acid groups (broad SMARTS) is 1. The lowest BCUT2D eigenvalue weighted by Crippen LogP contribution is -2.25. The Labute approximate surface area is 252 Å². The average Bonchev–Trinajstić information content (AvgIpc) is 3.32. The molecule has 1 aliphatic heterocycles. The Morgan fingerprint density at radius 2 is 1.81 bits per heavy atom. The molecule has 0 saturated carbocycles. The molecule has 1 N–H and O–H groups in total. The van der Waals surface area contributed by atoms with E-state index in [1.165, 1.54) is 5.57 Å². The number of aromatic carboxylic acids is 1. The van der Waals surface area contributed by atoms with Crippen molar-refractivity contribution < 1.29 is 19.4 Å². The molecule has 2 aliphatic rings. The van der Waals surface area contributed by atoms with Crippen LogP contribution in [0.25, 0.3) is 11.1 Å². The lowest BCUT2D eigenvalue weighted by Gasteiger charge is -2.19. The molecule has 0 spiro atoms. The molecule has 42 heavy (non-hydrogen) atoms. The van der Waals surface area contributed by atoms with Crippen molar-refractivity contribution in [3.8, 4) is 5.75 Å². The van der Waals surface area contributed by atoms with Crippen LogP contribution in [0.2, 0.25) is 5.02 Å². The number of benzene rings is 3. The normalized spacial score (nSPS) is 17.3. The van der Waals surface area contributed by atoms with Crippen molar-refractivity contribution in [1.82, 2.24) is 9.80 Å². The van der Waals surface area contributed by atoms with Gasteiger partial charge in [0.05, 0.1) is 5.56 Å². The summed E-state index contributed by atoms with van der Waals surface area (Å²) in [5.74, 6) is -0.104. The number of nitrogens with zero attached hydrogens (tertiary/aromatic N) is 2. The first-order chi connectivity index (χ1) is 20.2. The molecule has 5 rings (SSSR count). The number of likely N-dealkylation sites (tertiary alicyclic amines) is 1. The zero-order valence-electron chi connectivity index (χ0n) is 24.4. The van der Waals surface area contributed by atoms with Crippen LogP contribution in [0, 0.1) is 6.92 Å². The van der Waals surface area contributed by atoms with E-state index in [1.807, 2.05) is 43.3 Å². The molecule has 0 unspecified atom stereocenters. The van der Waals surface area contributed by atoms with Crippen LogP contribution in [0.5, 0.6) is 5.75 Å². The highest BCUT2D eigenvalue weighted by Gasteiger charge is 2.24. The lowest BCUT2D eigenvalue weighted by atomic mass is 9.87. The van der Waals surface area contributed by atoms with E-state index in [-0.39, 0.29) is 12.0 Å². The number of halogens is 1. The van der Waals surface area contributed by atoms with E-state index in [0.29, 0.717) is 5.56 Å². The first-order valence-corrected chi connectivity index (χ1v) is 14.8. The molecule has 1 amide bonds. The van der Waals surface area contributed by atoms with E-state index < -0.39 is 5.97 Å². The smallest absolute Gasteiger partial charge is 0.335 e. The van der Waals surface area contributed by atoms with E-state index in [4.69, 9.17) is 16.3 Å². The van der Waals surface area contributed by atoms with E-state index >= 15 is 0 Å². The molecule has 1 fully saturated rings. The Hall–Kier alpha value is -3.87. The number of allylic oxidation sites excluding steroid dienone is 1. The monoisotopic (exact) mass is 584 g/mol. The maximum absolute atomic E-state index is 11.8. The van der Waals surface area contributed by atoms with Crippen molar-refractivity contribution in [2.75, 3.05) is 33.7 Å². The van der Waals surface area contributed by atoms with Gasteiger partial charge in [0.1, 0.15) is 11.9 Å². The second kappa shape index (κ2) is 13.0. The van der Waals surface area contributed by atoms with Gasteiger partial charge in [0.2, 0.25) is 5.91 Å². The number of aryl methyl sites for hydroxylation is 2. The van der Waals surface area contributed by atoms with Crippen LogP contribution in [0.3, 0.4) is 0 Å². The van der Waals surface area contributed by atoms with Gasteiger partial charge in [-0.15, -0.1) is 0 Å². The number of amides is 1. The molecule has 218 valence electrons. The van der Waals surface area contributed by atoms with Gasteiger partial charge in [0.15, 0.2) is 0 Å². The fraction of sp³-hybridized carbons (Fsp3) is 0.314. The van der Waals surface area contributed by atoms with E-state index in [1.54, 1.807) is 31.1 Å². The maximum Gasteiger partial charge on any atom is 0.335 e. The molecule has 3 aromatic carbocycles. The van der Waals surface area contributed by atoms with Crippen LogP contribution in [-0.4, -0.2) is 66.6 Å². The third-order valence-electron chi connectivity index (χ3n) is 8.06. The molecule has 3 aromatic rings. The second-order valence-corrected chi connectivity index (χ2v) is 11.7. The Kier molecular flexibility index (Phi) is 9.15. The quantitative estimate of drug-likeness (QED) is 0.297. The summed E-state index contributed by atoms with van der Waals surface area (Å²) < 4.78 is 6.35. The third-order valence-corrected chi connectivity index (χ3v) is 8.46. The third kappa shape index (κ3) is 6.77. The van der Waals surface area contributed by atoms with Crippen LogP contribution < -0.4 is 4.74 Å². The molecule has 1 heterocycles. The van der Waals surface area contributed by atoms with Crippen LogP contribution in [0.1, 0.15) is 57.4 Å². The minimum atomic E-state index is -0.914. The first kappa shape index (κ1) is 29.6. The summed E-state index contributed by atoms with van der Waals surface area (Å²) in [7, 11) is 3.49. The molecule has 0 bridgehead atoms. The predicted molar refractivity (Wildman–Crippen MR) is 168 cm³/mol. The largest absolute Gasteiger partial charge is 0.489 e. The van der Waals surface area contributed by atoms with Crippen LogP contribution in [0.15, 0.2) is 72.8 Å². The number of hydrogen-bond donors (Lipinski definition) is 1. The molecule has 0 aromatic heterocycles. The number of ether oxygens (including phenoxy) is 1. The van der Waals surface area contributed by atoms with Gasteiger partial charge in [-0.05, 0) is 102 Å². The van der Waals surface area contributed by atoms with Crippen molar-refractivity contribution >= 4 is 34.6 Å². The van der Waals surface area contributed by atoms with Gasteiger partial charge >= 0.3 is 5.97 Å². The van der Waals surface area contributed by atoms with Crippen molar-refractivity contribution in [2.45, 2.75) is 38.7 Å². The topological polar surface area (TPSA) is 70.1 Å². The zero-order chi connectivity index (χ0) is 29.8. The number of carbonyl (C=O) groups is 2. The minimum Gasteiger partial charge on any atom is -0.489 e. The molecule has 1 aliphatic carbocycles. The molecular weight excluding hydrogens is 548 g/mol. The Morgan fingerprint density at radius 3 is 2.52 bits per heavy atom. The fourth-order valence-corrected chi connectivity index (χ4v) is 5.90. The van der Waals surface area contributed by atoms with Crippen molar-refractivity contribution in [2.24, 2.45) is 0 Å². The maximum atomic E-state index is 11.8. The Balaban J connectivity index is 1.40. The summed E-state index contributed by atoms with van der Waals surface area (Å²) in [6.07, 6.45) is 7.13. The highest BCUT2D eigenvalue weighted by atomic mass is 35.5. The number of rotatable bonds is 8. The van der Waals surface area contributed by atoms with Crippen LogP contribution in [0.4, 0.5) is 0 Å². The number of likely N-dealkylation sites (N-methyl/N-ethyl adjacent to an activating group) is 1. The predicted octanol–water partition coefficient (Wildman–Crippen LogP) is 6.74. The van der Waals surface area contributed by atoms with Crippen molar-refractivity contribution in [3.63, 3.8) is 0 Å². The second-order valence-electron chi connectivity index (χ2n) is 11.3. The van der Waals surface area contributed by atoms with Gasteiger partial charge < -0.3 is 14.7 Å². The fourth-order valence-electron chi connectivity index (χ4n) is 5.72. The summed E-state index contributed by atoms with van der Waals surface area (Å²) in [4.78, 5) is 27.4. The van der Waals surface area contributed by atoms with Gasteiger partial charge in [-0.3, -0.25) is 9.69 Å². The lowest BCUT2D eigenvalue weighted by molar-refractivity contribution is -0.123. The number of carbonyl (C=O) groups excluding carboxylic acids is 1. The number of carboxylic acids is 1. The highest BCUT2D eigenvalue weighted by Crippen LogP contribution is 2.41.